The van der Waals surface area contributed by atoms with Crippen molar-refractivity contribution in [3.8, 4) is 0 Å². The van der Waals surface area contributed by atoms with Gasteiger partial charge in [0.05, 0.1) is 10.4 Å². The minimum absolute atomic E-state index is 0.00834. The standard InChI is InChI=1S/C22H19N5O2/c28-27(29)21-11-18-19(12-20(21)23-13-16-7-3-1-4-8-16)25-15-26-22(18)24-14-17-9-5-2-6-10-17/h1-12,15,23H,13-14H2,(H,24,25,26). The lowest BCUT2D eigenvalue weighted by atomic mass is 10.1. The molecule has 0 saturated heterocycles. The maximum atomic E-state index is 11.7. The highest BCUT2D eigenvalue weighted by atomic mass is 16.6. The van der Waals surface area contributed by atoms with Gasteiger partial charge in [-0.25, -0.2) is 9.97 Å². The summed E-state index contributed by atoms with van der Waals surface area (Å²) in [5.41, 5.74) is 3.19. The number of nitro groups is 1. The van der Waals surface area contributed by atoms with E-state index in [0.29, 0.717) is 35.5 Å². The summed E-state index contributed by atoms with van der Waals surface area (Å²) in [6, 6.07) is 22.8. The van der Waals surface area contributed by atoms with Crippen LogP contribution in [0.1, 0.15) is 11.1 Å². The lowest BCUT2D eigenvalue weighted by Gasteiger charge is -2.11. The number of aromatic nitrogens is 2. The highest BCUT2D eigenvalue weighted by Crippen LogP contribution is 2.32. The van der Waals surface area contributed by atoms with Crippen LogP contribution in [0.2, 0.25) is 0 Å². The fourth-order valence-electron chi connectivity index (χ4n) is 3.10. The molecule has 7 nitrogen and oxygen atoms in total. The Hall–Kier alpha value is -4.00. The van der Waals surface area contributed by atoms with Crippen LogP contribution in [0.5, 0.6) is 0 Å². The first-order chi connectivity index (χ1) is 14.2. The van der Waals surface area contributed by atoms with E-state index >= 15 is 0 Å². The number of fused-ring (bicyclic) bond motifs is 1. The van der Waals surface area contributed by atoms with Gasteiger partial charge in [0, 0.05) is 24.5 Å². The third-order valence-corrected chi connectivity index (χ3v) is 4.58. The monoisotopic (exact) mass is 385 g/mol. The molecule has 4 aromatic rings. The summed E-state index contributed by atoms with van der Waals surface area (Å²) in [4.78, 5) is 19.9. The van der Waals surface area contributed by atoms with Crippen molar-refractivity contribution in [3.05, 3.63) is 100 Å². The first-order valence-electron chi connectivity index (χ1n) is 9.19. The van der Waals surface area contributed by atoms with Gasteiger partial charge in [0.1, 0.15) is 17.8 Å². The molecule has 4 rings (SSSR count). The van der Waals surface area contributed by atoms with Crippen LogP contribution in [-0.2, 0) is 13.1 Å². The normalized spacial score (nSPS) is 10.6. The average Bonchev–Trinajstić information content (AvgIpc) is 2.77. The van der Waals surface area contributed by atoms with E-state index in [4.69, 9.17) is 0 Å². The summed E-state index contributed by atoms with van der Waals surface area (Å²) >= 11 is 0. The van der Waals surface area contributed by atoms with Gasteiger partial charge in [-0.2, -0.15) is 0 Å². The molecule has 0 fully saturated rings. The molecule has 0 saturated carbocycles. The van der Waals surface area contributed by atoms with Gasteiger partial charge in [0.25, 0.3) is 5.69 Å². The maximum Gasteiger partial charge on any atom is 0.293 e. The summed E-state index contributed by atoms with van der Waals surface area (Å²) in [7, 11) is 0. The van der Waals surface area contributed by atoms with E-state index in [9.17, 15) is 10.1 Å². The lowest BCUT2D eigenvalue weighted by molar-refractivity contribution is -0.383. The van der Waals surface area contributed by atoms with Gasteiger partial charge >= 0.3 is 0 Å². The number of anilines is 2. The molecule has 0 aliphatic heterocycles. The van der Waals surface area contributed by atoms with E-state index in [1.54, 1.807) is 6.07 Å². The number of nitrogens with one attached hydrogen (secondary N) is 2. The average molecular weight is 385 g/mol. The van der Waals surface area contributed by atoms with E-state index in [0.717, 1.165) is 11.1 Å². The fourth-order valence-corrected chi connectivity index (χ4v) is 3.10. The van der Waals surface area contributed by atoms with Gasteiger partial charge in [-0.1, -0.05) is 60.7 Å². The van der Waals surface area contributed by atoms with Gasteiger partial charge in [-0.05, 0) is 17.2 Å². The second kappa shape index (κ2) is 8.35. The molecule has 0 unspecified atom stereocenters. The van der Waals surface area contributed by atoms with Crippen LogP contribution in [-0.4, -0.2) is 14.9 Å². The van der Waals surface area contributed by atoms with Crippen LogP contribution in [0.15, 0.2) is 79.1 Å². The van der Waals surface area contributed by atoms with E-state index < -0.39 is 0 Å². The van der Waals surface area contributed by atoms with Crippen molar-refractivity contribution < 1.29 is 4.92 Å². The summed E-state index contributed by atoms with van der Waals surface area (Å²) in [5.74, 6) is 0.566. The van der Waals surface area contributed by atoms with Crippen molar-refractivity contribution in [2.24, 2.45) is 0 Å². The third kappa shape index (κ3) is 4.30. The first kappa shape index (κ1) is 18.4. The number of nitro benzene ring substituents is 1. The van der Waals surface area contributed by atoms with Gasteiger partial charge in [-0.15, -0.1) is 0 Å². The number of hydrogen-bond acceptors (Lipinski definition) is 6. The molecule has 0 amide bonds. The van der Waals surface area contributed by atoms with Crippen LogP contribution in [0.3, 0.4) is 0 Å². The molecule has 0 bridgehead atoms. The molecular weight excluding hydrogens is 366 g/mol. The largest absolute Gasteiger partial charge is 0.375 e. The molecule has 0 radical (unpaired) electrons. The van der Waals surface area contributed by atoms with Crippen LogP contribution >= 0.6 is 0 Å². The zero-order chi connectivity index (χ0) is 20.1. The van der Waals surface area contributed by atoms with Gasteiger partial charge in [0.15, 0.2) is 0 Å². The smallest absolute Gasteiger partial charge is 0.293 e. The summed E-state index contributed by atoms with van der Waals surface area (Å²) in [5, 5.41) is 18.7. The predicted octanol–water partition coefficient (Wildman–Crippen LogP) is 4.76. The second-order valence-electron chi connectivity index (χ2n) is 6.54. The third-order valence-electron chi connectivity index (χ3n) is 4.58. The molecule has 1 heterocycles. The lowest BCUT2D eigenvalue weighted by Crippen LogP contribution is -2.05. The molecular formula is C22H19N5O2. The minimum atomic E-state index is -0.388. The van der Waals surface area contributed by atoms with Crippen molar-refractivity contribution >= 4 is 28.1 Å². The molecule has 3 aromatic carbocycles. The molecule has 29 heavy (non-hydrogen) atoms. The van der Waals surface area contributed by atoms with E-state index in [1.807, 2.05) is 60.7 Å². The Labute approximate surface area is 167 Å². The number of nitrogens with zero attached hydrogens (tertiary/aromatic N) is 3. The number of benzene rings is 3. The predicted molar refractivity (Wildman–Crippen MR) is 114 cm³/mol. The zero-order valence-electron chi connectivity index (χ0n) is 15.6. The highest BCUT2D eigenvalue weighted by Gasteiger charge is 2.18. The molecule has 0 aliphatic carbocycles. The quantitative estimate of drug-likeness (QED) is 0.352. The van der Waals surface area contributed by atoms with Crippen molar-refractivity contribution in [1.29, 1.82) is 0 Å². The molecule has 0 spiro atoms. The van der Waals surface area contributed by atoms with Crippen LogP contribution in [0.25, 0.3) is 10.9 Å². The van der Waals surface area contributed by atoms with Gasteiger partial charge < -0.3 is 10.6 Å². The van der Waals surface area contributed by atoms with Crippen molar-refractivity contribution in [2.75, 3.05) is 10.6 Å². The summed E-state index contributed by atoms with van der Waals surface area (Å²) < 4.78 is 0. The topological polar surface area (TPSA) is 93.0 Å². The number of rotatable bonds is 7. The van der Waals surface area contributed by atoms with Crippen molar-refractivity contribution in [3.63, 3.8) is 0 Å². The van der Waals surface area contributed by atoms with E-state index in [1.165, 1.54) is 12.4 Å². The SMILES string of the molecule is O=[N+]([O-])c1cc2c(NCc3ccccc3)ncnc2cc1NCc1ccccc1. The molecule has 2 N–H and O–H groups in total. The Kier molecular flexibility index (Phi) is 5.29. The summed E-state index contributed by atoms with van der Waals surface area (Å²) in [6.07, 6.45) is 1.46. The zero-order valence-corrected chi connectivity index (χ0v) is 15.6. The Morgan fingerprint density at radius 1 is 0.828 bits per heavy atom. The molecule has 7 heteroatoms. The summed E-state index contributed by atoms with van der Waals surface area (Å²) in [6.45, 7) is 1.05. The van der Waals surface area contributed by atoms with Crippen LogP contribution in [0, 0.1) is 10.1 Å². The van der Waals surface area contributed by atoms with Crippen LogP contribution in [0.4, 0.5) is 17.2 Å². The molecule has 1 aromatic heterocycles. The minimum Gasteiger partial charge on any atom is -0.375 e. The highest BCUT2D eigenvalue weighted by molar-refractivity contribution is 5.94. The van der Waals surface area contributed by atoms with Crippen molar-refractivity contribution in [2.45, 2.75) is 13.1 Å². The fraction of sp³-hybridized carbons (Fsp3) is 0.0909. The van der Waals surface area contributed by atoms with Gasteiger partial charge in [-0.3, -0.25) is 10.1 Å². The Morgan fingerprint density at radius 2 is 1.45 bits per heavy atom. The number of hydrogen-bond donors (Lipinski definition) is 2. The van der Waals surface area contributed by atoms with E-state index in [-0.39, 0.29) is 10.6 Å². The Balaban J connectivity index is 1.64. The van der Waals surface area contributed by atoms with Crippen LogP contribution < -0.4 is 10.6 Å². The molecule has 0 aliphatic rings. The molecule has 144 valence electrons. The maximum absolute atomic E-state index is 11.7. The second-order valence-corrected chi connectivity index (χ2v) is 6.54. The van der Waals surface area contributed by atoms with Crippen molar-refractivity contribution in [1.82, 2.24) is 9.97 Å². The Morgan fingerprint density at radius 3 is 2.07 bits per heavy atom. The van der Waals surface area contributed by atoms with Gasteiger partial charge in [0.2, 0.25) is 0 Å². The van der Waals surface area contributed by atoms with E-state index in [2.05, 4.69) is 20.6 Å². The Bertz CT molecular complexity index is 1130. The first-order valence-corrected chi connectivity index (χ1v) is 9.19. The molecule has 0 atom stereocenters.